The third-order valence-electron chi connectivity index (χ3n) is 4.80. The summed E-state index contributed by atoms with van der Waals surface area (Å²) >= 11 is 5.41. The van der Waals surface area contributed by atoms with Crippen LogP contribution in [0.25, 0.3) is 5.70 Å². The third-order valence-corrected chi connectivity index (χ3v) is 6.85. The number of carbonyl (C=O) groups is 1. The number of anilines is 1. The summed E-state index contributed by atoms with van der Waals surface area (Å²) < 4.78 is 1.02. The van der Waals surface area contributed by atoms with Crippen molar-refractivity contribution in [2.24, 2.45) is 0 Å². The lowest BCUT2D eigenvalue weighted by molar-refractivity contribution is 0.103. The van der Waals surface area contributed by atoms with Crippen LogP contribution in [0.1, 0.15) is 26.7 Å². The predicted octanol–water partition coefficient (Wildman–Crippen LogP) is 6.32. The summed E-state index contributed by atoms with van der Waals surface area (Å²) in [5.41, 5.74) is 5.70. The second kappa shape index (κ2) is 6.15. The number of thioether (sulfide) groups is 1. The summed E-state index contributed by atoms with van der Waals surface area (Å²) in [5, 5.41) is 3.48. The van der Waals surface area contributed by atoms with Gasteiger partial charge >= 0.3 is 0 Å². The van der Waals surface area contributed by atoms with Gasteiger partial charge in [0.2, 0.25) is 0 Å². The minimum atomic E-state index is -0.0726. The molecule has 0 amide bonds. The fraction of sp³-hybridized carbons (Fsp3) is 0.0455. The molecule has 4 heteroatoms. The molecule has 26 heavy (non-hydrogen) atoms. The number of benzene rings is 3. The molecule has 0 spiro atoms. The molecule has 2 aliphatic rings. The van der Waals surface area contributed by atoms with Gasteiger partial charge in [-0.05, 0) is 23.8 Å². The van der Waals surface area contributed by atoms with E-state index < -0.39 is 0 Å². The number of fused-ring (bicyclic) bond motifs is 3. The van der Waals surface area contributed by atoms with Crippen molar-refractivity contribution in [2.45, 2.75) is 10.1 Å². The Kier molecular flexibility index (Phi) is 3.76. The first-order chi connectivity index (χ1) is 12.7. The van der Waals surface area contributed by atoms with Crippen LogP contribution < -0.4 is 5.32 Å². The van der Waals surface area contributed by atoms with Crippen LogP contribution in [-0.2, 0) is 0 Å². The summed E-state index contributed by atoms with van der Waals surface area (Å²) in [6.07, 6.45) is 0. The molecule has 2 nitrogen and oxygen atoms in total. The smallest absolute Gasteiger partial charge is 0.193 e. The zero-order valence-electron chi connectivity index (χ0n) is 13.7. The molecule has 0 fully saturated rings. The van der Waals surface area contributed by atoms with E-state index in [4.69, 9.17) is 0 Å². The van der Waals surface area contributed by atoms with Gasteiger partial charge in [-0.15, -0.1) is 11.8 Å². The number of hydrogen-bond acceptors (Lipinski definition) is 3. The number of halogens is 1. The quantitative estimate of drug-likeness (QED) is 0.500. The molecule has 5 rings (SSSR count). The molecular weight excluding hydrogens is 406 g/mol. The number of hydrogen-bond donors (Lipinski definition) is 1. The average Bonchev–Trinajstić information content (AvgIpc) is 2.84. The monoisotopic (exact) mass is 419 g/mol. The van der Waals surface area contributed by atoms with Gasteiger partial charge in [0, 0.05) is 26.1 Å². The van der Waals surface area contributed by atoms with Gasteiger partial charge < -0.3 is 5.32 Å². The average molecular weight is 420 g/mol. The molecule has 0 bridgehead atoms. The highest BCUT2D eigenvalue weighted by atomic mass is 79.9. The molecule has 126 valence electrons. The van der Waals surface area contributed by atoms with E-state index in [9.17, 15) is 4.79 Å². The van der Waals surface area contributed by atoms with Gasteiger partial charge in [0.25, 0.3) is 0 Å². The predicted molar refractivity (Wildman–Crippen MR) is 110 cm³/mol. The minimum absolute atomic E-state index is 0.0726. The second-order valence-corrected chi connectivity index (χ2v) is 8.31. The second-order valence-electron chi connectivity index (χ2n) is 6.30. The Bertz CT molecular complexity index is 1090. The van der Waals surface area contributed by atoms with E-state index in [-0.39, 0.29) is 11.0 Å². The minimum Gasteiger partial charge on any atom is -0.354 e. The Hall–Kier alpha value is -2.30. The molecule has 1 atom stereocenters. The van der Waals surface area contributed by atoms with Gasteiger partial charge in [-0.1, -0.05) is 70.5 Å². The van der Waals surface area contributed by atoms with Crippen LogP contribution in [0.4, 0.5) is 5.69 Å². The highest BCUT2D eigenvalue weighted by Crippen LogP contribution is 2.53. The molecule has 1 heterocycles. The van der Waals surface area contributed by atoms with Gasteiger partial charge in [-0.2, -0.15) is 0 Å². The van der Waals surface area contributed by atoms with Gasteiger partial charge in [-0.3, -0.25) is 4.79 Å². The van der Waals surface area contributed by atoms with E-state index in [2.05, 4.69) is 39.4 Å². The highest BCUT2D eigenvalue weighted by molar-refractivity contribution is 9.10. The number of nitrogens with one attached hydrogen (secondary N) is 1. The van der Waals surface area contributed by atoms with Crippen molar-refractivity contribution in [3.8, 4) is 0 Å². The molecule has 0 radical (unpaired) electrons. The maximum atomic E-state index is 13.3. The zero-order valence-corrected chi connectivity index (χ0v) is 16.1. The standard InChI is InChI=1S/C22H14BrNOS/c23-16-10-4-3-9-15(16)22-19-20(13-7-1-2-8-14(13)21(19)25)24-17-11-5-6-12-18(17)26-22/h1-12,22,24H. The Morgan fingerprint density at radius 2 is 1.54 bits per heavy atom. The molecule has 0 saturated heterocycles. The van der Waals surface area contributed by atoms with Crippen LogP contribution >= 0.6 is 27.7 Å². The van der Waals surface area contributed by atoms with Crippen molar-refractivity contribution in [3.63, 3.8) is 0 Å². The summed E-state index contributed by atoms with van der Waals surface area (Å²) in [6, 6.07) is 24.3. The van der Waals surface area contributed by atoms with Gasteiger partial charge in [0.15, 0.2) is 5.78 Å². The van der Waals surface area contributed by atoms with Gasteiger partial charge in [0.1, 0.15) is 0 Å². The van der Waals surface area contributed by atoms with Crippen LogP contribution in [0.15, 0.2) is 87.7 Å². The fourth-order valence-electron chi connectivity index (χ4n) is 3.59. The van der Waals surface area contributed by atoms with Crippen LogP contribution in [-0.4, -0.2) is 5.78 Å². The number of ketones is 1. The van der Waals surface area contributed by atoms with E-state index in [1.807, 2.05) is 54.6 Å². The largest absolute Gasteiger partial charge is 0.354 e. The number of para-hydroxylation sites is 1. The summed E-state index contributed by atoms with van der Waals surface area (Å²) in [4.78, 5) is 14.4. The van der Waals surface area contributed by atoms with Crippen molar-refractivity contribution in [2.75, 3.05) is 5.32 Å². The molecule has 1 unspecified atom stereocenters. The molecule has 1 aliphatic heterocycles. The lowest BCUT2D eigenvalue weighted by atomic mass is 10.0. The summed E-state index contributed by atoms with van der Waals surface area (Å²) in [5.74, 6) is 0.115. The SMILES string of the molecule is O=C1C2=C(Nc3ccccc3SC2c2ccccc2Br)c2ccccc21. The Morgan fingerprint density at radius 1 is 0.846 bits per heavy atom. The van der Waals surface area contributed by atoms with Crippen molar-refractivity contribution >= 4 is 44.9 Å². The van der Waals surface area contributed by atoms with Crippen molar-refractivity contribution in [3.05, 3.63) is 99.5 Å². The Balaban J connectivity index is 1.78. The first-order valence-electron chi connectivity index (χ1n) is 8.39. The normalized spacial score (nSPS) is 17.9. The van der Waals surface area contributed by atoms with E-state index in [0.29, 0.717) is 0 Å². The molecule has 3 aromatic rings. The maximum absolute atomic E-state index is 13.3. The Labute approximate surface area is 164 Å². The Morgan fingerprint density at radius 3 is 2.38 bits per heavy atom. The first kappa shape index (κ1) is 15.9. The van der Waals surface area contributed by atoms with E-state index in [0.717, 1.165) is 43.0 Å². The van der Waals surface area contributed by atoms with Crippen molar-refractivity contribution in [1.82, 2.24) is 0 Å². The number of Topliss-reactive ketones (excluding diaryl/α,β-unsaturated/α-hetero) is 1. The van der Waals surface area contributed by atoms with Crippen molar-refractivity contribution < 1.29 is 4.79 Å². The molecule has 1 aliphatic carbocycles. The third kappa shape index (κ3) is 2.37. The number of rotatable bonds is 1. The van der Waals surface area contributed by atoms with Crippen molar-refractivity contribution in [1.29, 1.82) is 0 Å². The molecular formula is C22H14BrNOS. The summed E-state index contributed by atoms with van der Waals surface area (Å²) in [6.45, 7) is 0. The van der Waals surface area contributed by atoms with E-state index in [1.54, 1.807) is 11.8 Å². The molecule has 3 aromatic carbocycles. The van der Waals surface area contributed by atoms with Crippen LogP contribution in [0.5, 0.6) is 0 Å². The highest BCUT2D eigenvalue weighted by Gasteiger charge is 2.38. The van der Waals surface area contributed by atoms with E-state index >= 15 is 0 Å². The van der Waals surface area contributed by atoms with Gasteiger partial charge in [0.05, 0.1) is 16.6 Å². The van der Waals surface area contributed by atoms with Crippen LogP contribution in [0.3, 0.4) is 0 Å². The topological polar surface area (TPSA) is 29.1 Å². The lowest BCUT2D eigenvalue weighted by Crippen LogP contribution is -2.08. The summed E-state index contributed by atoms with van der Waals surface area (Å²) in [7, 11) is 0. The van der Waals surface area contributed by atoms with Crippen LogP contribution in [0, 0.1) is 0 Å². The fourth-order valence-corrected chi connectivity index (χ4v) is 5.59. The van der Waals surface area contributed by atoms with Gasteiger partial charge in [-0.25, -0.2) is 0 Å². The van der Waals surface area contributed by atoms with E-state index in [1.165, 1.54) is 0 Å². The molecule has 1 N–H and O–H groups in total. The zero-order chi connectivity index (χ0) is 17.7. The maximum Gasteiger partial charge on any atom is 0.193 e. The molecule has 0 aromatic heterocycles. The van der Waals surface area contributed by atoms with Crippen LogP contribution in [0.2, 0.25) is 0 Å². The number of carbonyl (C=O) groups excluding carboxylic acids is 1. The molecule has 0 saturated carbocycles. The lowest BCUT2D eigenvalue weighted by Gasteiger charge is -2.18. The first-order valence-corrected chi connectivity index (χ1v) is 10.1.